The number of anilines is 1. The summed E-state index contributed by atoms with van der Waals surface area (Å²) in [5.74, 6) is -0.652. The van der Waals surface area contributed by atoms with Crippen molar-refractivity contribution in [3.8, 4) is 0 Å². The maximum absolute atomic E-state index is 13.2. The van der Waals surface area contributed by atoms with E-state index in [2.05, 4.69) is 20.1 Å². The lowest BCUT2D eigenvalue weighted by molar-refractivity contribution is -0.120. The van der Waals surface area contributed by atoms with Gasteiger partial charge in [0.2, 0.25) is 5.91 Å². The number of fused-ring (bicyclic) bond motifs is 1. The van der Waals surface area contributed by atoms with E-state index in [9.17, 15) is 9.59 Å². The Morgan fingerprint density at radius 1 is 1.23 bits per heavy atom. The molecule has 3 rings (SSSR count). The summed E-state index contributed by atoms with van der Waals surface area (Å²) in [6.45, 7) is 8.91. The van der Waals surface area contributed by atoms with Gasteiger partial charge in [0.1, 0.15) is 11.0 Å². The molecule has 2 amide bonds. The molecule has 0 aliphatic rings. The van der Waals surface area contributed by atoms with Gasteiger partial charge in [0.15, 0.2) is 5.69 Å². The fraction of sp³-hybridized carbons (Fsp3) is 0.455. The van der Waals surface area contributed by atoms with E-state index in [1.165, 1.54) is 11.5 Å². The third-order valence-electron chi connectivity index (χ3n) is 4.98. The smallest absolute Gasteiger partial charge is 0.273 e. The van der Waals surface area contributed by atoms with Crippen molar-refractivity contribution in [2.75, 3.05) is 11.9 Å². The number of nitrogens with zero attached hydrogens (tertiary/aromatic N) is 3. The zero-order valence-electron chi connectivity index (χ0n) is 18.4. The number of nitrogens with one attached hydrogen (secondary N) is 2. The number of nitrogens with two attached hydrogens (primary N) is 1. The predicted molar refractivity (Wildman–Crippen MR) is 124 cm³/mol. The zero-order chi connectivity index (χ0) is 22.6. The molecule has 0 fully saturated rings. The molecular weight excluding hydrogens is 412 g/mol. The summed E-state index contributed by atoms with van der Waals surface area (Å²) in [6.07, 6.45) is 1.77. The van der Waals surface area contributed by atoms with Gasteiger partial charge < -0.3 is 16.4 Å². The fourth-order valence-electron chi connectivity index (χ4n) is 3.36. The lowest BCUT2D eigenvalue weighted by atomic mass is 9.86. The van der Waals surface area contributed by atoms with Crippen molar-refractivity contribution >= 4 is 39.3 Å². The summed E-state index contributed by atoms with van der Waals surface area (Å²) in [7, 11) is 0. The van der Waals surface area contributed by atoms with Crippen LogP contribution in [0.25, 0.3) is 10.9 Å². The molecule has 0 radical (unpaired) electrons. The van der Waals surface area contributed by atoms with Gasteiger partial charge in [0.05, 0.1) is 11.2 Å². The number of carbonyl (C=O) groups is 2. The molecule has 9 heteroatoms. The summed E-state index contributed by atoms with van der Waals surface area (Å²) in [6, 6.07) is 8.69. The molecule has 0 aliphatic carbocycles. The molecule has 0 spiro atoms. The molecule has 4 N–H and O–H groups in total. The van der Waals surface area contributed by atoms with Gasteiger partial charge in [-0.3, -0.25) is 14.3 Å². The Balaban J connectivity index is 1.84. The van der Waals surface area contributed by atoms with E-state index in [0.717, 1.165) is 29.4 Å². The van der Waals surface area contributed by atoms with Gasteiger partial charge in [-0.15, -0.1) is 0 Å². The minimum atomic E-state index is -0.747. The van der Waals surface area contributed by atoms with E-state index < -0.39 is 11.5 Å². The van der Waals surface area contributed by atoms with Crippen LogP contribution in [0.5, 0.6) is 0 Å². The van der Waals surface area contributed by atoms with Crippen LogP contribution in [0, 0.1) is 12.3 Å². The minimum absolute atomic E-state index is 0.281. The molecule has 1 aromatic carbocycles. The molecule has 2 heterocycles. The van der Waals surface area contributed by atoms with Gasteiger partial charge in [0.25, 0.3) is 5.91 Å². The van der Waals surface area contributed by atoms with Crippen molar-refractivity contribution < 1.29 is 9.59 Å². The summed E-state index contributed by atoms with van der Waals surface area (Å²) in [5.41, 5.74) is 7.15. The highest BCUT2D eigenvalue weighted by molar-refractivity contribution is 7.10. The highest BCUT2D eigenvalue weighted by Crippen LogP contribution is 2.24. The van der Waals surface area contributed by atoms with E-state index >= 15 is 0 Å². The first-order chi connectivity index (χ1) is 14.7. The Bertz CT molecular complexity index is 1070. The van der Waals surface area contributed by atoms with E-state index in [-0.39, 0.29) is 11.8 Å². The second-order valence-electron chi connectivity index (χ2n) is 8.68. The number of para-hydroxylation sites is 1. The quantitative estimate of drug-likeness (QED) is 0.463. The minimum Gasteiger partial charge on any atom is -0.338 e. The number of hydrogen-bond donors (Lipinski definition) is 3. The number of aromatic nitrogens is 3. The SMILES string of the molecule is Cc1cc(NC(=O)[C@@H](NC(=O)c2nn(CCCCN)c3ccccc23)C(C)(C)C)sn1. The molecule has 0 saturated carbocycles. The average molecular weight is 443 g/mol. The Hall–Kier alpha value is -2.78. The molecule has 1 atom stereocenters. The van der Waals surface area contributed by atoms with E-state index in [0.29, 0.717) is 23.8 Å². The Morgan fingerprint density at radius 3 is 2.61 bits per heavy atom. The van der Waals surface area contributed by atoms with Crippen molar-refractivity contribution in [3.63, 3.8) is 0 Å². The van der Waals surface area contributed by atoms with E-state index in [1.54, 1.807) is 6.07 Å². The van der Waals surface area contributed by atoms with E-state index in [4.69, 9.17) is 5.73 Å². The van der Waals surface area contributed by atoms with Crippen LogP contribution in [0.1, 0.15) is 49.8 Å². The monoisotopic (exact) mass is 442 g/mol. The molecule has 0 bridgehead atoms. The molecule has 0 unspecified atom stereocenters. The average Bonchev–Trinajstić information content (AvgIpc) is 3.29. The van der Waals surface area contributed by atoms with Gasteiger partial charge >= 0.3 is 0 Å². The van der Waals surface area contributed by atoms with Crippen LogP contribution in [0.3, 0.4) is 0 Å². The Morgan fingerprint density at radius 2 is 1.97 bits per heavy atom. The maximum Gasteiger partial charge on any atom is 0.273 e. The third-order valence-corrected chi connectivity index (χ3v) is 5.77. The topological polar surface area (TPSA) is 115 Å². The van der Waals surface area contributed by atoms with Crippen LogP contribution >= 0.6 is 11.5 Å². The Kier molecular flexibility index (Phi) is 7.07. The first-order valence-corrected chi connectivity index (χ1v) is 11.2. The highest BCUT2D eigenvalue weighted by atomic mass is 32.1. The number of unbranched alkanes of at least 4 members (excludes halogenated alkanes) is 1. The number of carbonyl (C=O) groups excluding carboxylic acids is 2. The van der Waals surface area contributed by atoms with Crippen molar-refractivity contribution in [2.45, 2.75) is 53.1 Å². The second kappa shape index (κ2) is 9.57. The molecule has 31 heavy (non-hydrogen) atoms. The predicted octanol–water partition coefficient (Wildman–Crippen LogP) is 3.32. The first-order valence-electron chi connectivity index (χ1n) is 10.4. The standard InChI is InChI=1S/C22H30N6O2S/c1-14-13-17(31-27-14)24-21(30)19(22(2,3)4)25-20(29)18-15-9-5-6-10-16(15)28(26-18)12-8-7-11-23/h5-6,9-10,13,19H,7-8,11-12,23H2,1-4H3,(H,24,30)(H,25,29)/t19-/m1/s1. The van der Waals surface area contributed by atoms with Gasteiger partial charge in [-0.1, -0.05) is 39.0 Å². The normalized spacial score (nSPS) is 12.7. The number of rotatable bonds is 8. The number of benzene rings is 1. The molecule has 3 aromatic rings. The van der Waals surface area contributed by atoms with Crippen molar-refractivity contribution in [1.82, 2.24) is 19.5 Å². The molecule has 2 aromatic heterocycles. The summed E-state index contributed by atoms with van der Waals surface area (Å²) < 4.78 is 6.03. The zero-order valence-corrected chi connectivity index (χ0v) is 19.3. The molecule has 0 saturated heterocycles. The van der Waals surface area contributed by atoms with Crippen LogP contribution < -0.4 is 16.4 Å². The van der Waals surface area contributed by atoms with Crippen molar-refractivity contribution in [2.24, 2.45) is 11.1 Å². The molecule has 166 valence electrons. The van der Waals surface area contributed by atoms with Crippen molar-refractivity contribution in [1.29, 1.82) is 0 Å². The van der Waals surface area contributed by atoms with Crippen molar-refractivity contribution in [3.05, 3.63) is 41.7 Å². The van der Waals surface area contributed by atoms with Gasteiger partial charge in [-0.05, 0) is 55.4 Å². The van der Waals surface area contributed by atoms with Crippen LogP contribution in [0.2, 0.25) is 0 Å². The molecule has 8 nitrogen and oxygen atoms in total. The summed E-state index contributed by atoms with van der Waals surface area (Å²) >= 11 is 1.22. The van der Waals surface area contributed by atoms with Crippen LogP contribution in [0.15, 0.2) is 30.3 Å². The van der Waals surface area contributed by atoms with Crippen LogP contribution in [-0.2, 0) is 11.3 Å². The number of amides is 2. The molecular formula is C22H30N6O2S. The van der Waals surface area contributed by atoms with Gasteiger partial charge in [0, 0.05) is 11.9 Å². The third kappa shape index (κ3) is 5.48. The number of aryl methyl sites for hydroxylation is 2. The summed E-state index contributed by atoms with van der Waals surface area (Å²) in [5, 5.41) is 11.8. The Labute approximate surface area is 186 Å². The highest BCUT2D eigenvalue weighted by Gasteiger charge is 2.34. The van der Waals surface area contributed by atoms with E-state index in [1.807, 2.05) is 56.6 Å². The second-order valence-corrected chi connectivity index (χ2v) is 9.48. The van der Waals surface area contributed by atoms with Crippen LogP contribution in [-0.4, -0.2) is 38.6 Å². The fourth-order valence-corrected chi connectivity index (χ4v) is 4.03. The first kappa shape index (κ1) is 22.9. The molecule has 0 aliphatic heterocycles. The van der Waals surface area contributed by atoms with Gasteiger partial charge in [-0.25, -0.2) is 0 Å². The number of hydrogen-bond acceptors (Lipinski definition) is 6. The van der Waals surface area contributed by atoms with Crippen LogP contribution in [0.4, 0.5) is 5.00 Å². The maximum atomic E-state index is 13.2. The lowest BCUT2D eigenvalue weighted by Gasteiger charge is -2.29. The lowest BCUT2D eigenvalue weighted by Crippen LogP contribution is -2.51. The summed E-state index contributed by atoms with van der Waals surface area (Å²) in [4.78, 5) is 26.2. The van der Waals surface area contributed by atoms with Gasteiger partial charge in [-0.2, -0.15) is 9.47 Å². The largest absolute Gasteiger partial charge is 0.338 e.